The maximum Gasteiger partial charge on any atom is -0.0319 e. The lowest BCUT2D eigenvalue weighted by molar-refractivity contribution is 0.231. The molecule has 12 heavy (non-hydrogen) atoms. The predicted molar refractivity (Wildman–Crippen MR) is 57.3 cm³/mol. The summed E-state index contributed by atoms with van der Waals surface area (Å²) in [5.74, 6) is 2.14. The summed E-state index contributed by atoms with van der Waals surface area (Å²) < 4.78 is 0. The zero-order chi connectivity index (χ0) is 6.81. The molecule has 0 aromatic heterocycles. The van der Waals surface area contributed by atoms with Crippen molar-refractivity contribution in [2.45, 2.75) is 53.4 Å². The van der Waals surface area contributed by atoms with Gasteiger partial charge < -0.3 is 0 Å². The van der Waals surface area contributed by atoms with Crippen molar-refractivity contribution in [2.24, 2.45) is 11.8 Å². The second-order valence-corrected chi connectivity index (χ2v) is 3.75. The van der Waals surface area contributed by atoms with E-state index in [0.29, 0.717) is 0 Å². The molecule has 0 bridgehead atoms. The Morgan fingerprint density at radius 3 is 1.58 bits per heavy atom. The lowest BCUT2D eigenvalue weighted by atomic mass is 9.73. The van der Waals surface area contributed by atoms with E-state index in [-0.39, 0.29) is 14.9 Å². The summed E-state index contributed by atoms with van der Waals surface area (Å²) in [5.41, 5.74) is 0. The predicted octanol–water partition coefficient (Wildman–Crippen LogP) is 4.42. The molecular weight excluding hydrogens is 144 g/mol. The Labute approximate surface area is 78.1 Å². The Bertz CT molecular complexity index is 119. The standard InChI is InChI=1S/C10H16.2CH4/c1-2-6-10-8-4-3-7-9(10)5-1;;/h1-2,9-10H,3-8H2;2*1H4. The topological polar surface area (TPSA) is 0 Å². The van der Waals surface area contributed by atoms with Gasteiger partial charge in [0.1, 0.15) is 0 Å². The molecule has 0 heterocycles. The molecule has 72 valence electrons. The van der Waals surface area contributed by atoms with Gasteiger partial charge in [0.2, 0.25) is 0 Å². The van der Waals surface area contributed by atoms with Crippen molar-refractivity contribution in [2.75, 3.05) is 0 Å². The van der Waals surface area contributed by atoms with Gasteiger partial charge in [-0.05, 0) is 37.5 Å². The van der Waals surface area contributed by atoms with Crippen LogP contribution in [0.25, 0.3) is 0 Å². The van der Waals surface area contributed by atoms with E-state index in [2.05, 4.69) is 12.2 Å². The Balaban J connectivity index is 0.000000605. The lowest BCUT2D eigenvalue weighted by Gasteiger charge is -2.32. The minimum absolute atomic E-state index is 0. The molecule has 2 aliphatic carbocycles. The monoisotopic (exact) mass is 168 g/mol. The Hall–Kier alpha value is -0.260. The minimum Gasteiger partial charge on any atom is -0.0882 e. The van der Waals surface area contributed by atoms with Gasteiger partial charge in [-0.3, -0.25) is 0 Å². The molecule has 0 aromatic carbocycles. The zero-order valence-electron chi connectivity index (χ0n) is 6.55. The van der Waals surface area contributed by atoms with Crippen LogP contribution in [-0.4, -0.2) is 0 Å². The molecule has 0 spiro atoms. The largest absolute Gasteiger partial charge is 0.0882 e. The van der Waals surface area contributed by atoms with Gasteiger partial charge in [-0.2, -0.15) is 0 Å². The van der Waals surface area contributed by atoms with Crippen LogP contribution in [0.5, 0.6) is 0 Å². The van der Waals surface area contributed by atoms with E-state index in [1.807, 2.05) is 0 Å². The quantitative estimate of drug-likeness (QED) is 0.470. The van der Waals surface area contributed by atoms with Crippen LogP contribution in [0.2, 0.25) is 0 Å². The first-order chi connectivity index (χ1) is 4.97. The van der Waals surface area contributed by atoms with E-state index in [1.165, 1.54) is 38.5 Å². The third-order valence-corrected chi connectivity index (χ3v) is 3.11. The molecule has 0 radical (unpaired) electrons. The average molecular weight is 168 g/mol. The highest BCUT2D eigenvalue weighted by Crippen LogP contribution is 2.37. The zero-order valence-corrected chi connectivity index (χ0v) is 6.55. The van der Waals surface area contributed by atoms with Crippen LogP contribution in [-0.2, 0) is 0 Å². The highest BCUT2D eigenvalue weighted by molar-refractivity contribution is 4.95. The summed E-state index contributed by atoms with van der Waals surface area (Å²) in [5, 5.41) is 0. The molecular formula is C12H24. The van der Waals surface area contributed by atoms with Gasteiger partial charge in [0.05, 0.1) is 0 Å². The smallest absolute Gasteiger partial charge is 0.0319 e. The summed E-state index contributed by atoms with van der Waals surface area (Å²) in [6.45, 7) is 0. The van der Waals surface area contributed by atoms with Gasteiger partial charge in [0, 0.05) is 0 Å². The van der Waals surface area contributed by atoms with Crippen molar-refractivity contribution >= 4 is 0 Å². The molecule has 2 atom stereocenters. The van der Waals surface area contributed by atoms with E-state index in [0.717, 1.165) is 11.8 Å². The summed E-state index contributed by atoms with van der Waals surface area (Å²) in [7, 11) is 0. The fourth-order valence-corrected chi connectivity index (χ4v) is 2.45. The normalized spacial score (nSPS) is 32.7. The number of hydrogen-bond acceptors (Lipinski definition) is 0. The second kappa shape index (κ2) is 5.40. The molecule has 0 N–H and O–H groups in total. The van der Waals surface area contributed by atoms with E-state index >= 15 is 0 Å². The lowest BCUT2D eigenvalue weighted by Crippen LogP contribution is -2.20. The number of rotatable bonds is 0. The van der Waals surface area contributed by atoms with Crippen LogP contribution in [0.3, 0.4) is 0 Å². The van der Waals surface area contributed by atoms with Crippen molar-refractivity contribution < 1.29 is 0 Å². The van der Waals surface area contributed by atoms with Crippen LogP contribution >= 0.6 is 0 Å². The Kier molecular flexibility index (Phi) is 5.28. The maximum absolute atomic E-state index is 2.38. The van der Waals surface area contributed by atoms with E-state index in [9.17, 15) is 0 Å². The van der Waals surface area contributed by atoms with Crippen molar-refractivity contribution in [3.05, 3.63) is 12.2 Å². The molecule has 0 aliphatic heterocycles. The van der Waals surface area contributed by atoms with Gasteiger partial charge in [0.15, 0.2) is 0 Å². The first-order valence-corrected chi connectivity index (χ1v) is 4.62. The van der Waals surface area contributed by atoms with Crippen molar-refractivity contribution in [1.29, 1.82) is 0 Å². The van der Waals surface area contributed by atoms with Gasteiger partial charge in [-0.1, -0.05) is 39.8 Å². The highest BCUT2D eigenvalue weighted by atomic mass is 14.3. The van der Waals surface area contributed by atoms with Gasteiger partial charge in [0.25, 0.3) is 0 Å². The SMILES string of the molecule is C.C.C1=CCC2CCCCC2C1. The minimum atomic E-state index is 0. The summed E-state index contributed by atoms with van der Waals surface area (Å²) in [6.07, 6.45) is 13.5. The first kappa shape index (κ1) is 11.7. The molecule has 1 saturated carbocycles. The average Bonchev–Trinajstić information content (AvgIpc) is 2.05. The van der Waals surface area contributed by atoms with Crippen molar-refractivity contribution in [3.8, 4) is 0 Å². The molecule has 0 heteroatoms. The summed E-state index contributed by atoms with van der Waals surface area (Å²) in [4.78, 5) is 0. The number of fused-ring (bicyclic) bond motifs is 1. The molecule has 2 unspecified atom stereocenters. The van der Waals surface area contributed by atoms with E-state index < -0.39 is 0 Å². The first-order valence-electron chi connectivity index (χ1n) is 4.62. The molecule has 2 rings (SSSR count). The second-order valence-electron chi connectivity index (χ2n) is 3.75. The van der Waals surface area contributed by atoms with Crippen molar-refractivity contribution in [1.82, 2.24) is 0 Å². The summed E-state index contributed by atoms with van der Waals surface area (Å²) in [6, 6.07) is 0. The number of hydrogen-bond donors (Lipinski definition) is 0. The van der Waals surface area contributed by atoms with Gasteiger partial charge in [-0.15, -0.1) is 0 Å². The molecule has 0 saturated heterocycles. The van der Waals surface area contributed by atoms with Gasteiger partial charge in [-0.25, -0.2) is 0 Å². The van der Waals surface area contributed by atoms with Crippen LogP contribution < -0.4 is 0 Å². The fourth-order valence-electron chi connectivity index (χ4n) is 2.45. The molecule has 0 amide bonds. The molecule has 0 nitrogen and oxygen atoms in total. The van der Waals surface area contributed by atoms with Crippen LogP contribution in [0.1, 0.15) is 53.4 Å². The van der Waals surface area contributed by atoms with E-state index in [1.54, 1.807) is 0 Å². The fraction of sp³-hybridized carbons (Fsp3) is 0.833. The molecule has 1 fully saturated rings. The maximum atomic E-state index is 2.38. The van der Waals surface area contributed by atoms with E-state index in [4.69, 9.17) is 0 Å². The number of allylic oxidation sites excluding steroid dienone is 2. The highest BCUT2D eigenvalue weighted by Gasteiger charge is 2.24. The molecule has 0 aromatic rings. The third-order valence-electron chi connectivity index (χ3n) is 3.11. The Morgan fingerprint density at radius 2 is 1.17 bits per heavy atom. The van der Waals surface area contributed by atoms with Crippen LogP contribution in [0.15, 0.2) is 12.2 Å². The molecule has 2 aliphatic rings. The van der Waals surface area contributed by atoms with Crippen LogP contribution in [0, 0.1) is 11.8 Å². The Morgan fingerprint density at radius 1 is 0.750 bits per heavy atom. The third kappa shape index (κ3) is 2.36. The van der Waals surface area contributed by atoms with Crippen molar-refractivity contribution in [3.63, 3.8) is 0 Å². The van der Waals surface area contributed by atoms with Gasteiger partial charge >= 0.3 is 0 Å². The van der Waals surface area contributed by atoms with Crippen LogP contribution in [0.4, 0.5) is 0 Å². The summed E-state index contributed by atoms with van der Waals surface area (Å²) >= 11 is 0.